The van der Waals surface area contributed by atoms with Crippen molar-refractivity contribution in [2.45, 2.75) is 25.8 Å². The van der Waals surface area contributed by atoms with E-state index in [1.54, 1.807) is 7.11 Å². The fourth-order valence-electron chi connectivity index (χ4n) is 4.41. The summed E-state index contributed by atoms with van der Waals surface area (Å²) in [7, 11) is 1.73. The van der Waals surface area contributed by atoms with Crippen LogP contribution in [-0.2, 0) is 13.0 Å². The number of carbonyl (C=O) groups is 1. The number of nitrogens with zero attached hydrogens (tertiary/aromatic N) is 4. The zero-order valence-electron chi connectivity index (χ0n) is 18.4. The van der Waals surface area contributed by atoms with Gasteiger partial charge in [0.1, 0.15) is 5.75 Å². The van der Waals surface area contributed by atoms with Gasteiger partial charge < -0.3 is 19.9 Å². The lowest BCUT2D eigenvalue weighted by molar-refractivity contribution is 0.191. The van der Waals surface area contributed by atoms with Gasteiger partial charge in [0.05, 0.1) is 12.8 Å². The Hall–Kier alpha value is -2.80. The van der Waals surface area contributed by atoms with E-state index >= 15 is 0 Å². The van der Waals surface area contributed by atoms with E-state index in [4.69, 9.17) is 4.74 Å². The molecule has 0 saturated carbocycles. The molecule has 3 heterocycles. The highest BCUT2D eigenvalue weighted by atomic mass is 16.5. The molecule has 0 aliphatic carbocycles. The summed E-state index contributed by atoms with van der Waals surface area (Å²) in [5, 5.41) is 3.09. The fourth-order valence-corrected chi connectivity index (χ4v) is 4.41. The number of piperazine rings is 1. The van der Waals surface area contributed by atoms with Crippen LogP contribution in [0.1, 0.15) is 24.1 Å². The smallest absolute Gasteiger partial charge is 0.317 e. The molecule has 4 rings (SSSR count). The molecule has 1 aromatic heterocycles. The van der Waals surface area contributed by atoms with E-state index in [0.717, 1.165) is 82.1 Å². The molecule has 2 aromatic rings. The Bertz CT molecular complexity index is 867. The van der Waals surface area contributed by atoms with Crippen molar-refractivity contribution in [1.82, 2.24) is 20.1 Å². The summed E-state index contributed by atoms with van der Waals surface area (Å²) in [5.74, 6) is 0.945. The van der Waals surface area contributed by atoms with Crippen LogP contribution in [0.2, 0.25) is 0 Å². The third-order valence-electron chi connectivity index (χ3n) is 6.23. The normalized spacial score (nSPS) is 16.7. The van der Waals surface area contributed by atoms with Gasteiger partial charge in [-0.3, -0.25) is 9.88 Å². The van der Waals surface area contributed by atoms with E-state index in [9.17, 15) is 4.79 Å². The number of para-hydroxylation sites is 2. The van der Waals surface area contributed by atoms with Gasteiger partial charge in [-0.05, 0) is 43.1 Å². The number of nitrogens with one attached hydrogen (secondary N) is 1. The van der Waals surface area contributed by atoms with Crippen LogP contribution in [0, 0.1) is 0 Å². The maximum Gasteiger partial charge on any atom is 0.317 e. The predicted molar refractivity (Wildman–Crippen MR) is 123 cm³/mol. The monoisotopic (exact) mass is 423 g/mol. The van der Waals surface area contributed by atoms with Gasteiger partial charge in [-0.1, -0.05) is 18.2 Å². The molecule has 31 heavy (non-hydrogen) atoms. The van der Waals surface area contributed by atoms with Gasteiger partial charge in [-0.25, -0.2) is 4.79 Å². The van der Waals surface area contributed by atoms with Gasteiger partial charge in [0.25, 0.3) is 0 Å². The summed E-state index contributed by atoms with van der Waals surface area (Å²) in [6.07, 6.45) is 4.77. The summed E-state index contributed by atoms with van der Waals surface area (Å²) in [5.41, 5.74) is 3.47. The van der Waals surface area contributed by atoms with E-state index in [-0.39, 0.29) is 6.03 Å². The average molecular weight is 424 g/mol. The molecule has 0 bridgehead atoms. The predicted octanol–water partition coefficient (Wildman–Crippen LogP) is 2.76. The lowest BCUT2D eigenvalue weighted by atomic mass is 10.1. The van der Waals surface area contributed by atoms with Crippen LogP contribution in [0.5, 0.6) is 5.75 Å². The molecular weight excluding hydrogens is 390 g/mol. The number of fused-ring (bicyclic) bond motifs is 1. The number of carbonyl (C=O) groups excluding carboxylic acids is 1. The van der Waals surface area contributed by atoms with Gasteiger partial charge in [-0.15, -0.1) is 0 Å². The van der Waals surface area contributed by atoms with Crippen molar-refractivity contribution in [3.8, 4) is 5.75 Å². The number of unbranched alkanes of at least 4 members (excludes halogenated alkanes) is 1. The Morgan fingerprint density at radius 1 is 1.06 bits per heavy atom. The summed E-state index contributed by atoms with van der Waals surface area (Å²) in [6.45, 7) is 7.37. The van der Waals surface area contributed by atoms with Crippen molar-refractivity contribution in [2.24, 2.45) is 0 Å². The Morgan fingerprint density at radius 3 is 2.74 bits per heavy atom. The molecular formula is C24H33N5O2. The molecule has 0 spiro atoms. The Balaban J connectivity index is 1.11. The summed E-state index contributed by atoms with van der Waals surface area (Å²) < 4.78 is 5.50. The lowest BCUT2D eigenvalue weighted by Crippen LogP contribution is -2.47. The molecule has 7 nitrogen and oxygen atoms in total. The van der Waals surface area contributed by atoms with Crippen molar-refractivity contribution < 1.29 is 9.53 Å². The van der Waals surface area contributed by atoms with E-state index in [2.05, 4.69) is 38.3 Å². The molecule has 1 aromatic carbocycles. The van der Waals surface area contributed by atoms with Crippen molar-refractivity contribution >= 4 is 11.7 Å². The van der Waals surface area contributed by atoms with Crippen LogP contribution in [0.25, 0.3) is 0 Å². The fraction of sp³-hybridized carbons (Fsp3) is 0.500. The minimum atomic E-state index is 0.0416. The SMILES string of the molecule is COc1ccccc1N1CCN(CCCCNC(=O)N2CCc3ncccc3C2)CC1. The standard InChI is InChI=1S/C24H33N5O2/c1-31-23-9-3-2-8-22(23)28-17-15-27(16-18-28)13-5-4-11-26-24(30)29-14-10-21-20(19-29)7-6-12-25-21/h2-3,6-9,12H,4-5,10-11,13-19H2,1H3,(H,26,30). The van der Waals surface area contributed by atoms with Crippen LogP contribution in [0.15, 0.2) is 42.6 Å². The zero-order valence-corrected chi connectivity index (χ0v) is 18.4. The lowest BCUT2D eigenvalue weighted by Gasteiger charge is -2.36. The van der Waals surface area contributed by atoms with Gasteiger partial charge in [0, 0.05) is 64.1 Å². The second kappa shape index (κ2) is 10.5. The second-order valence-electron chi connectivity index (χ2n) is 8.22. The molecule has 1 saturated heterocycles. The van der Waals surface area contributed by atoms with E-state index in [0.29, 0.717) is 6.54 Å². The van der Waals surface area contributed by atoms with Crippen LogP contribution >= 0.6 is 0 Å². The topological polar surface area (TPSA) is 60.9 Å². The number of hydrogen-bond acceptors (Lipinski definition) is 5. The number of ether oxygens (including phenoxy) is 1. The molecule has 1 N–H and O–H groups in total. The Labute approximate surface area is 185 Å². The second-order valence-corrected chi connectivity index (χ2v) is 8.22. The quantitative estimate of drug-likeness (QED) is 0.694. The summed E-state index contributed by atoms with van der Waals surface area (Å²) in [6, 6.07) is 12.3. The maximum atomic E-state index is 12.5. The van der Waals surface area contributed by atoms with Crippen molar-refractivity contribution in [3.05, 3.63) is 53.9 Å². The zero-order chi connectivity index (χ0) is 21.5. The van der Waals surface area contributed by atoms with Crippen molar-refractivity contribution in [3.63, 3.8) is 0 Å². The largest absolute Gasteiger partial charge is 0.495 e. The highest BCUT2D eigenvalue weighted by Gasteiger charge is 2.21. The number of amides is 2. The number of anilines is 1. The number of aromatic nitrogens is 1. The molecule has 0 radical (unpaired) electrons. The number of benzene rings is 1. The van der Waals surface area contributed by atoms with Crippen LogP contribution < -0.4 is 15.0 Å². The van der Waals surface area contributed by atoms with Gasteiger partial charge in [-0.2, -0.15) is 0 Å². The van der Waals surface area contributed by atoms with E-state index in [1.807, 2.05) is 29.3 Å². The van der Waals surface area contributed by atoms with Crippen molar-refractivity contribution in [1.29, 1.82) is 0 Å². The highest BCUT2D eigenvalue weighted by Crippen LogP contribution is 2.28. The number of hydrogen-bond donors (Lipinski definition) is 1. The molecule has 2 amide bonds. The average Bonchev–Trinajstić information content (AvgIpc) is 2.83. The summed E-state index contributed by atoms with van der Waals surface area (Å²) >= 11 is 0. The first-order chi connectivity index (χ1) is 15.2. The Kier molecular flexibility index (Phi) is 7.25. The minimum absolute atomic E-state index is 0.0416. The molecule has 0 unspecified atom stereocenters. The van der Waals surface area contributed by atoms with Crippen LogP contribution in [0.4, 0.5) is 10.5 Å². The number of pyridine rings is 1. The summed E-state index contributed by atoms with van der Waals surface area (Å²) in [4.78, 5) is 23.7. The van der Waals surface area contributed by atoms with Crippen LogP contribution in [-0.4, -0.2) is 73.7 Å². The van der Waals surface area contributed by atoms with Gasteiger partial charge in [0.2, 0.25) is 0 Å². The molecule has 166 valence electrons. The molecule has 2 aliphatic heterocycles. The minimum Gasteiger partial charge on any atom is -0.495 e. The molecule has 0 atom stereocenters. The third-order valence-corrected chi connectivity index (χ3v) is 6.23. The number of rotatable bonds is 7. The third kappa shape index (κ3) is 5.47. The van der Waals surface area contributed by atoms with E-state index < -0.39 is 0 Å². The van der Waals surface area contributed by atoms with Gasteiger partial charge >= 0.3 is 6.03 Å². The number of urea groups is 1. The molecule has 1 fully saturated rings. The van der Waals surface area contributed by atoms with Crippen LogP contribution in [0.3, 0.4) is 0 Å². The first kappa shape index (κ1) is 21.4. The van der Waals surface area contributed by atoms with Crippen molar-refractivity contribution in [2.75, 3.05) is 57.8 Å². The number of methoxy groups -OCH3 is 1. The molecule has 2 aliphatic rings. The maximum absolute atomic E-state index is 12.5. The first-order valence-electron chi connectivity index (χ1n) is 11.3. The highest BCUT2D eigenvalue weighted by molar-refractivity contribution is 5.74. The van der Waals surface area contributed by atoms with E-state index in [1.165, 1.54) is 5.69 Å². The first-order valence-corrected chi connectivity index (χ1v) is 11.3. The Morgan fingerprint density at radius 2 is 1.90 bits per heavy atom. The molecule has 7 heteroatoms. The van der Waals surface area contributed by atoms with Gasteiger partial charge in [0.15, 0.2) is 0 Å².